The minimum Gasteiger partial charge on any atom is -0.491 e. The maximum Gasteiger partial charge on any atom is 0.196 e. The molecule has 4 nitrogen and oxygen atoms in total. The van der Waals surface area contributed by atoms with Gasteiger partial charge in [-0.15, -0.1) is 0 Å². The van der Waals surface area contributed by atoms with E-state index in [2.05, 4.69) is 11.0 Å². The number of hydrogen-bond donors (Lipinski definition) is 1. The van der Waals surface area contributed by atoms with Crippen LogP contribution in [0, 0.1) is 0 Å². The minimum absolute atomic E-state index is 0.403. The Morgan fingerprint density at radius 3 is 2.80 bits per heavy atom. The van der Waals surface area contributed by atoms with E-state index in [9.17, 15) is 0 Å². The number of aliphatic imine (C=N–C) groups is 1. The Balaban J connectivity index is 1.83. The summed E-state index contributed by atoms with van der Waals surface area (Å²) in [5, 5.41) is 0. The van der Waals surface area contributed by atoms with Crippen molar-refractivity contribution >= 4 is 11.6 Å². The molecule has 0 atom stereocenters. The zero-order chi connectivity index (χ0) is 13.8. The molecule has 1 aliphatic heterocycles. The molecule has 1 aromatic rings. The van der Waals surface area contributed by atoms with E-state index >= 15 is 0 Å². The average molecular weight is 273 g/mol. The van der Waals surface area contributed by atoms with Crippen LogP contribution < -0.4 is 15.4 Å². The van der Waals surface area contributed by atoms with E-state index in [1.807, 2.05) is 18.2 Å². The smallest absolute Gasteiger partial charge is 0.196 e. The number of para-hydroxylation sites is 2. The van der Waals surface area contributed by atoms with Gasteiger partial charge in [0.2, 0.25) is 0 Å². The van der Waals surface area contributed by atoms with Gasteiger partial charge in [0.1, 0.15) is 5.75 Å². The second-order valence-corrected chi connectivity index (χ2v) is 5.60. The van der Waals surface area contributed by atoms with Gasteiger partial charge in [-0.25, -0.2) is 4.99 Å². The van der Waals surface area contributed by atoms with Gasteiger partial charge in [-0.2, -0.15) is 0 Å². The maximum absolute atomic E-state index is 6.28. The summed E-state index contributed by atoms with van der Waals surface area (Å²) in [6.07, 6.45) is 7.21. The minimum atomic E-state index is 0.403. The molecule has 1 fully saturated rings. The summed E-state index contributed by atoms with van der Waals surface area (Å²) in [5.74, 6) is 1.56. The summed E-state index contributed by atoms with van der Waals surface area (Å²) in [7, 11) is 0. The van der Waals surface area contributed by atoms with Crippen LogP contribution in [0.1, 0.15) is 38.5 Å². The van der Waals surface area contributed by atoms with Gasteiger partial charge in [-0.05, 0) is 31.4 Å². The Morgan fingerprint density at radius 1 is 1.15 bits per heavy atom. The number of hydrogen-bond acceptors (Lipinski definition) is 2. The Hall–Kier alpha value is -1.71. The standard InChI is InChI=1S/C16H23N3O/c17-16(18-13-7-2-1-3-8-13)19-11-6-12-20-15-10-5-4-9-14(15)19/h4-5,9-10,13H,1-3,6-8,11-12H2,(H2,17,18). The molecule has 2 aliphatic rings. The summed E-state index contributed by atoms with van der Waals surface area (Å²) < 4.78 is 5.77. The highest BCUT2D eigenvalue weighted by atomic mass is 16.5. The molecule has 3 rings (SSSR count). The Kier molecular flexibility index (Phi) is 4.09. The van der Waals surface area contributed by atoms with Crippen molar-refractivity contribution < 1.29 is 4.74 Å². The number of anilines is 1. The Morgan fingerprint density at radius 2 is 1.95 bits per heavy atom. The van der Waals surface area contributed by atoms with Gasteiger partial charge in [0.05, 0.1) is 18.3 Å². The number of fused-ring (bicyclic) bond motifs is 1. The highest BCUT2D eigenvalue weighted by molar-refractivity contribution is 5.96. The summed E-state index contributed by atoms with van der Waals surface area (Å²) in [6, 6.07) is 8.48. The largest absolute Gasteiger partial charge is 0.491 e. The first-order chi connectivity index (χ1) is 9.84. The number of benzene rings is 1. The third-order valence-electron chi connectivity index (χ3n) is 4.11. The molecule has 108 valence electrons. The fourth-order valence-electron chi connectivity index (χ4n) is 3.03. The molecule has 1 aliphatic carbocycles. The molecule has 2 N–H and O–H groups in total. The predicted molar refractivity (Wildman–Crippen MR) is 82.4 cm³/mol. The molecule has 1 saturated carbocycles. The van der Waals surface area contributed by atoms with Crippen molar-refractivity contribution in [3.8, 4) is 5.75 Å². The molecule has 1 aromatic carbocycles. The van der Waals surface area contributed by atoms with Gasteiger partial charge in [0.25, 0.3) is 0 Å². The topological polar surface area (TPSA) is 50.8 Å². The number of nitrogens with zero attached hydrogens (tertiary/aromatic N) is 2. The van der Waals surface area contributed by atoms with E-state index in [0.29, 0.717) is 12.0 Å². The molecule has 0 aromatic heterocycles. The van der Waals surface area contributed by atoms with Crippen molar-refractivity contribution in [1.29, 1.82) is 0 Å². The molecule has 1 heterocycles. The van der Waals surface area contributed by atoms with Crippen LogP contribution >= 0.6 is 0 Å². The van der Waals surface area contributed by atoms with Crippen LogP contribution in [0.15, 0.2) is 29.3 Å². The van der Waals surface area contributed by atoms with Gasteiger partial charge in [-0.1, -0.05) is 31.4 Å². The van der Waals surface area contributed by atoms with Crippen molar-refractivity contribution in [2.24, 2.45) is 10.7 Å². The zero-order valence-corrected chi connectivity index (χ0v) is 11.9. The van der Waals surface area contributed by atoms with Gasteiger partial charge in [-0.3, -0.25) is 0 Å². The van der Waals surface area contributed by atoms with Crippen LogP contribution in [0.2, 0.25) is 0 Å². The molecule has 20 heavy (non-hydrogen) atoms. The van der Waals surface area contributed by atoms with E-state index < -0.39 is 0 Å². The van der Waals surface area contributed by atoms with Gasteiger partial charge in [0.15, 0.2) is 5.96 Å². The number of rotatable bonds is 1. The number of ether oxygens (including phenoxy) is 1. The zero-order valence-electron chi connectivity index (χ0n) is 11.9. The van der Waals surface area contributed by atoms with Crippen molar-refractivity contribution in [1.82, 2.24) is 0 Å². The quantitative estimate of drug-likeness (QED) is 0.632. The highest BCUT2D eigenvalue weighted by Crippen LogP contribution is 2.30. The second kappa shape index (κ2) is 6.16. The van der Waals surface area contributed by atoms with Crippen LogP contribution in [0.25, 0.3) is 0 Å². The Labute approximate surface area is 120 Å². The molecule has 0 amide bonds. The van der Waals surface area contributed by atoms with E-state index in [-0.39, 0.29) is 0 Å². The predicted octanol–water partition coefficient (Wildman–Crippen LogP) is 2.92. The first-order valence-electron chi connectivity index (χ1n) is 7.67. The first kappa shape index (κ1) is 13.3. The Bertz CT molecular complexity index is 480. The second-order valence-electron chi connectivity index (χ2n) is 5.60. The summed E-state index contributed by atoms with van der Waals surface area (Å²) in [6.45, 7) is 1.61. The van der Waals surface area contributed by atoms with Crippen LogP contribution in [-0.2, 0) is 0 Å². The van der Waals surface area contributed by atoms with E-state index in [1.165, 1.54) is 32.1 Å². The lowest BCUT2D eigenvalue weighted by Gasteiger charge is -2.25. The van der Waals surface area contributed by atoms with Crippen LogP contribution in [0.4, 0.5) is 5.69 Å². The molecule has 0 saturated heterocycles. The number of nitrogens with two attached hydrogens (primary N) is 1. The lowest BCUT2D eigenvalue weighted by atomic mass is 9.96. The molecule has 0 bridgehead atoms. The number of guanidine groups is 1. The lowest BCUT2D eigenvalue weighted by Crippen LogP contribution is -2.39. The van der Waals surface area contributed by atoms with Gasteiger partial charge in [0, 0.05) is 6.54 Å². The van der Waals surface area contributed by atoms with Gasteiger partial charge < -0.3 is 15.4 Å². The van der Waals surface area contributed by atoms with E-state index in [1.54, 1.807) is 0 Å². The normalized spacial score (nSPS) is 21.0. The molecule has 4 heteroatoms. The highest BCUT2D eigenvalue weighted by Gasteiger charge is 2.20. The fraction of sp³-hybridized carbons (Fsp3) is 0.562. The molecule has 0 radical (unpaired) electrons. The fourth-order valence-corrected chi connectivity index (χ4v) is 3.03. The van der Waals surface area contributed by atoms with Crippen molar-refractivity contribution in [3.05, 3.63) is 24.3 Å². The van der Waals surface area contributed by atoms with Crippen LogP contribution in [0.5, 0.6) is 5.75 Å². The molecule has 0 spiro atoms. The lowest BCUT2D eigenvalue weighted by molar-refractivity contribution is 0.322. The summed E-state index contributed by atoms with van der Waals surface area (Å²) in [4.78, 5) is 6.87. The van der Waals surface area contributed by atoms with Crippen LogP contribution in [0.3, 0.4) is 0 Å². The molecule has 0 unspecified atom stereocenters. The summed E-state index contributed by atoms with van der Waals surface area (Å²) >= 11 is 0. The summed E-state index contributed by atoms with van der Waals surface area (Å²) in [5.41, 5.74) is 7.33. The third kappa shape index (κ3) is 2.89. The SMILES string of the molecule is NC(=NC1CCCCC1)N1CCCOc2ccccc21. The molecular weight excluding hydrogens is 250 g/mol. The van der Waals surface area contributed by atoms with Gasteiger partial charge >= 0.3 is 0 Å². The average Bonchev–Trinajstić information content (AvgIpc) is 2.70. The third-order valence-corrected chi connectivity index (χ3v) is 4.11. The maximum atomic E-state index is 6.28. The van der Waals surface area contributed by atoms with E-state index in [4.69, 9.17) is 15.5 Å². The van der Waals surface area contributed by atoms with Crippen molar-refractivity contribution in [3.63, 3.8) is 0 Å². The van der Waals surface area contributed by atoms with Crippen molar-refractivity contribution in [2.75, 3.05) is 18.1 Å². The monoisotopic (exact) mass is 273 g/mol. The van der Waals surface area contributed by atoms with Crippen molar-refractivity contribution in [2.45, 2.75) is 44.6 Å². The van der Waals surface area contributed by atoms with E-state index in [0.717, 1.165) is 31.0 Å². The van der Waals surface area contributed by atoms with Crippen LogP contribution in [-0.4, -0.2) is 25.2 Å². The molecular formula is C16H23N3O. The first-order valence-corrected chi connectivity index (χ1v) is 7.67.